The molecular weight excluding hydrogens is 357 g/mol. The van der Waals surface area contributed by atoms with Gasteiger partial charge in [0, 0.05) is 27.2 Å². The van der Waals surface area contributed by atoms with Gasteiger partial charge in [-0.25, -0.2) is 9.18 Å². The molecule has 0 radical (unpaired) electrons. The predicted molar refractivity (Wildman–Crippen MR) is 111 cm³/mol. The monoisotopic (exact) mass is 387 g/mol. The first-order valence-electron chi connectivity index (χ1n) is 9.33. The molecule has 0 bridgehead atoms. The minimum absolute atomic E-state index is 0.196. The van der Waals surface area contributed by atoms with Crippen molar-refractivity contribution in [3.05, 3.63) is 65.0 Å². The van der Waals surface area contributed by atoms with Gasteiger partial charge in [-0.15, -0.1) is 0 Å². The lowest BCUT2D eigenvalue weighted by Crippen LogP contribution is -2.34. The smallest absolute Gasteiger partial charge is 0.315 e. The Morgan fingerprint density at radius 3 is 2.18 bits per heavy atom. The highest BCUT2D eigenvalue weighted by atomic mass is 19.1. The van der Waals surface area contributed by atoms with Crippen LogP contribution in [0.3, 0.4) is 0 Å². The third-order valence-electron chi connectivity index (χ3n) is 4.06. The van der Waals surface area contributed by atoms with Crippen molar-refractivity contribution in [3.63, 3.8) is 0 Å². The zero-order chi connectivity index (χ0) is 20.7. The Bertz CT molecular complexity index is 801. The van der Waals surface area contributed by atoms with Crippen LogP contribution in [0.5, 0.6) is 0 Å². The van der Waals surface area contributed by atoms with Gasteiger partial charge in [-0.05, 0) is 49.6 Å². The number of carbonyl (C=O) groups excluding carboxylic acids is 1. The van der Waals surface area contributed by atoms with Crippen LogP contribution < -0.4 is 15.5 Å². The van der Waals surface area contributed by atoms with Crippen molar-refractivity contribution in [2.45, 2.75) is 46.1 Å². The molecule has 0 fully saturated rings. The van der Waals surface area contributed by atoms with E-state index < -0.39 is 0 Å². The average Bonchev–Trinajstić information content (AvgIpc) is 2.62. The topological polar surface area (TPSA) is 53.6 Å². The molecule has 0 spiro atoms. The quantitative estimate of drug-likeness (QED) is 0.748. The Kier molecular flexibility index (Phi) is 7.40. The number of nitrogens with one attached hydrogen (secondary N) is 2. The number of rotatable bonds is 7. The fourth-order valence-electron chi connectivity index (χ4n) is 2.58. The summed E-state index contributed by atoms with van der Waals surface area (Å²) in [6, 6.07) is 12.6. The second kappa shape index (κ2) is 9.55. The van der Waals surface area contributed by atoms with Crippen molar-refractivity contribution in [3.8, 4) is 0 Å². The van der Waals surface area contributed by atoms with E-state index in [0.29, 0.717) is 24.4 Å². The van der Waals surface area contributed by atoms with E-state index in [1.165, 1.54) is 6.07 Å². The molecule has 0 saturated carbocycles. The highest BCUT2D eigenvalue weighted by Gasteiger charge is 2.10. The van der Waals surface area contributed by atoms with Gasteiger partial charge >= 0.3 is 6.03 Å². The van der Waals surface area contributed by atoms with Gasteiger partial charge < -0.3 is 20.3 Å². The zero-order valence-electron chi connectivity index (χ0n) is 17.3. The van der Waals surface area contributed by atoms with E-state index in [2.05, 4.69) is 10.6 Å². The standard InChI is InChI=1S/C22H30FN3O2/c1-22(2,3)28-15-18-8-6-7-16(11-18)13-24-21(27)25-14-17-9-10-20(26(4)5)19(23)12-17/h6-12H,13-15H2,1-5H3,(H2,24,25,27). The van der Waals surface area contributed by atoms with Crippen LogP contribution >= 0.6 is 0 Å². The van der Waals surface area contributed by atoms with Crippen LogP contribution in [-0.2, 0) is 24.4 Å². The summed E-state index contributed by atoms with van der Waals surface area (Å²) in [7, 11) is 3.57. The largest absolute Gasteiger partial charge is 0.375 e. The van der Waals surface area contributed by atoms with Gasteiger partial charge in [0.05, 0.1) is 17.9 Å². The molecule has 2 amide bonds. The van der Waals surface area contributed by atoms with Gasteiger partial charge in [-0.2, -0.15) is 0 Å². The van der Waals surface area contributed by atoms with Crippen LogP contribution in [0, 0.1) is 5.82 Å². The van der Waals surface area contributed by atoms with Crippen molar-refractivity contribution in [2.24, 2.45) is 0 Å². The maximum atomic E-state index is 14.0. The van der Waals surface area contributed by atoms with E-state index in [1.807, 2.05) is 45.0 Å². The van der Waals surface area contributed by atoms with Crippen molar-refractivity contribution in [1.82, 2.24) is 10.6 Å². The number of anilines is 1. The van der Waals surface area contributed by atoms with Crippen molar-refractivity contribution in [1.29, 1.82) is 0 Å². The third kappa shape index (κ3) is 7.19. The summed E-state index contributed by atoms with van der Waals surface area (Å²) in [4.78, 5) is 13.8. The summed E-state index contributed by atoms with van der Waals surface area (Å²) in [6.45, 7) is 7.24. The molecule has 0 aliphatic heterocycles. The van der Waals surface area contributed by atoms with Crippen LogP contribution in [-0.4, -0.2) is 25.7 Å². The maximum Gasteiger partial charge on any atom is 0.315 e. The molecule has 2 aromatic carbocycles. The normalized spacial score (nSPS) is 11.2. The SMILES string of the molecule is CN(C)c1ccc(CNC(=O)NCc2cccc(COC(C)(C)C)c2)cc1F. The van der Waals surface area contributed by atoms with Crippen LogP contribution in [0.2, 0.25) is 0 Å². The number of halogens is 1. The molecule has 28 heavy (non-hydrogen) atoms. The molecule has 2 N–H and O–H groups in total. The summed E-state index contributed by atoms with van der Waals surface area (Å²) in [5.74, 6) is -0.306. The van der Waals surface area contributed by atoms with Crippen LogP contribution in [0.15, 0.2) is 42.5 Å². The molecule has 6 heteroatoms. The number of carbonyl (C=O) groups is 1. The lowest BCUT2D eigenvalue weighted by Gasteiger charge is -2.19. The highest BCUT2D eigenvalue weighted by Crippen LogP contribution is 2.18. The summed E-state index contributed by atoms with van der Waals surface area (Å²) in [5, 5.41) is 5.57. The Morgan fingerprint density at radius 2 is 1.61 bits per heavy atom. The number of ether oxygens (including phenoxy) is 1. The number of urea groups is 1. The van der Waals surface area contributed by atoms with E-state index in [4.69, 9.17) is 4.74 Å². The number of hydrogen-bond acceptors (Lipinski definition) is 3. The summed E-state index contributed by atoms with van der Waals surface area (Å²) in [5.41, 5.74) is 3.08. The summed E-state index contributed by atoms with van der Waals surface area (Å²) in [6.07, 6.45) is 0. The molecule has 0 aromatic heterocycles. The first-order chi connectivity index (χ1) is 13.1. The first kappa shape index (κ1) is 21.7. The summed E-state index contributed by atoms with van der Waals surface area (Å²) >= 11 is 0. The second-order valence-electron chi connectivity index (χ2n) is 7.94. The van der Waals surface area contributed by atoms with Crippen LogP contribution in [0.4, 0.5) is 14.9 Å². The van der Waals surface area contributed by atoms with Crippen molar-refractivity contribution >= 4 is 11.7 Å². The van der Waals surface area contributed by atoms with Gasteiger partial charge in [-0.3, -0.25) is 0 Å². The fraction of sp³-hybridized carbons (Fsp3) is 0.409. The van der Waals surface area contributed by atoms with Crippen molar-refractivity contribution < 1.29 is 13.9 Å². The number of amides is 2. The van der Waals surface area contributed by atoms with Crippen LogP contribution in [0.25, 0.3) is 0 Å². The molecule has 0 aliphatic rings. The lowest BCUT2D eigenvalue weighted by atomic mass is 10.1. The second-order valence-corrected chi connectivity index (χ2v) is 7.94. The Morgan fingerprint density at radius 1 is 1.00 bits per heavy atom. The lowest BCUT2D eigenvalue weighted by molar-refractivity contribution is -0.0149. The molecule has 2 aromatic rings. The molecule has 0 unspecified atom stereocenters. The molecule has 152 valence electrons. The fourth-order valence-corrected chi connectivity index (χ4v) is 2.58. The van der Waals surface area contributed by atoms with Gasteiger partial charge in [0.15, 0.2) is 0 Å². The first-order valence-corrected chi connectivity index (χ1v) is 9.33. The molecule has 0 saturated heterocycles. The Balaban J connectivity index is 1.82. The predicted octanol–water partition coefficient (Wildman–Crippen LogP) is 4.21. The van der Waals surface area contributed by atoms with E-state index >= 15 is 0 Å². The molecule has 0 aliphatic carbocycles. The molecular formula is C22H30FN3O2. The van der Waals surface area contributed by atoms with Crippen LogP contribution in [0.1, 0.15) is 37.5 Å². The van der Waals surface area contributed by atoms with Gasteiger partial charge in [0.25, 0.3) is 0 Å². The number of nitrogens with zero attached hydrogens (tertiary/aromatic N) is 1. The molecule has 2 rings (SSSR count). The third-order valence-corrected chi connectivity index (χ3v) is 4.06. The molecule has 0 atom stereocenters. The Labute approximate surface area is 166 Å². The maximum absolute atomic E-state index is 14.0. The molecule has 0 heterocycles. The van der Waals surface area contributed by atoms with E-state index in [-0.39, 0.29) is 24.0 Å². The minimum atomic E-state index is -0.306. The van der Waals surface area contributed by atoms with E-state index in [1.54, 1.807) is 31.1 Å². The van der Waals surface area contributed by atoms with E-state index in [0.717, 1.165) is 11.1 Å². The number of hydrogen-bond donors (Lipinski definition) is 2. The van der Waals surface area contributed by atoms with Crippen molar-refractivity contribution in [2.75, 3.05) is 19.0 Å². The summed E-state index contributed by atoms with van der Waals surface area (Å²) < 4.78 is 19.8. The molecule has 5 nitrogen and oxygen atoms in total. The average molecular weight is 387 g/mol. The van der Waals surface area contributed by atoms with Gasteiger partial charge in [-0.1, -0.05) is 30.3 Å². The van der Waals surface area contributed by atoms with Gasteiger partial charge in [0.1, 0.15) is 5.82 Å². The zero-order valence-corrected chi connectivity index (χ0v) is 17.3. The Hall–Kier alpha value is -2.60. The van der Waals surface area contributed by atoms with E-state index in [9.17, 15) is 9.18 Å². The number of benzene rings is 2. The minimum Gasteiger partial charge on any atom is -0.375 e. The highest BCUT2D eigenvalue weighted by molar-refractivity contribution is 5.73. The van der Waals surface area contributed by atoms with Gasteiger partial charge in [0.2, 0.25) is 0 Å².